The van der Waals surface area contributed by atoms with Gasteiger partial charge in [0.2, 0.25) is 15.9 Å². The highest BCUT2D eigenvalue weighted by molar-refractivity contribution is 7.89. The van der Waals surface area contributed by atoms with Crippen molar-refractivity contribution >= 4 is 10.0 Å². The van der Waals surface area contributed by atoms with Crippen molar-refractivity contribution < 1.29 is 17.3 Å². The molecule has 6 nitrogen and oxygen atoms in total. The molecule has 1 saturated carbocycles. The van der Waals surface area contributed by atoms with Crippen LogP contribution in [0.5, 0.6) is 0 Å². The monoisotopic (exact) mass is 351 g/mol. The Morgan fingerprint density at radius 3 is 2.71 bits per heavy atom. The van der Waals surface area contributed by atoms with E-state index in [-0.39, 0.29) is 16.2 Å². The van der Waals surface area contributed by atoms with E-state index >= 15 is 0 Å². The molecule has 1 atom stereocenters. The molecule has 128 valence electrons. The van der Waals surface area contributed by atoms with Crippen LogP contribution in [0, 0.1) is 18.2 Å². The third-order valence-corrected chi connectivity index (χ3v) is 7.09. The number of sulfonamides is 1. The number of aryl methyl sites for hydroxylation is 1. The Hall–Kier alpha value is -1.80. The summed E-state index contributed by atoms with van der Waals surface area (Å²) in [7, 11) is -3.64. The van der Waals surface area contributed by atoms with Gasteiger partial charge in [-0.2, -0.15) is 9.29 Å². The standard InChI is InChI=1S/C16H18FN3O3S/c1-11-18-15(19-23-11)14-10-16(14)5-7-20(8-6-16)24(21,22)13-4-2-3-12(17)9-13/h2-4,9,14H,5-8,10H2,1H3. The second-order valence-electron chi connectivity index (χ2n) is 6.65. The second kappa shape index (κ2) is 5.35. The molecule has 2 aliphatic rings. The lowest BCUT2D eigenvalue weighted by Crippen LogP contribution is -2.39. The Labute approximate surface area is 139 Å². The average molecular weight is 351 g/mol. The molecule has 2 fully saturated rings. The molecule has 0 radical (unpaired) electrons. The van der Waals surface area contributed by atoms with Gasteiger partial charge < -0.3 is 4.52 Å². The first-order valence-corrected chi connectivity index (χ1v) is 9.41. The van der Waals surface area contributed by atoms with Gasteiger partial charge in [0, 0.05) is 25.9 Å². The number of nitrogens with zero attached hydrogens (tertiary/aromatic N) is 3. The van der Waals surface area contributed by atoms with Gasteiger partial charge in [0.05, 0.1) is 4.90 Å². The van der Waals surface area contributed by atoms with Crippen LogP contribution in [0.15, 0.2) is 33.7 Å². The van der Waals surface area contributed by atoms with E-state index < -0.39 is 15.8 Å². The smallest absolute Gasteiger partial charge is 0.243 e. The summed E-state index contributed by atoms with van der Waals surface area (Å²) in [5, 5.41) is 3.99. The minimum absolute atomic E-state index is 0.0135. The molecule has 0 amide bonds. The highest BCUT2D eigenvalue weighted by Crippen LogP contribution is 2.64. The van der Waals surface area contributed by atoms with Crippen molar-refractivity contribution in [1.82, 2.24) is 14.4 Å². The van der Waals surface area contributed by atoms with Gasteiger partial charge in [-0.3, -0.25) is 0 Å². The van der Waals surface area contributed by atoms with E-state index in [0.29, 0.717) is 19.0 Å². The zero-order valence-corrected chi connectivity index (χ0v) is 14.1. The van der Waals surface area contributed by atoms with Crippen LogP contribution in [-0.2, 0) is 10.0 Å². The Kier molecular flexibility index (Phi) is 3.50. The molecule has 0 N–H and O–H groups in total. The molecule has 1 aromatic carbocycles. The molecule has 0 bridgehead atoms. The molecule has 24 heavy (non-hydrogen) atoms. The zero-order valence-electron chi connectivity index (χ0n) is 13.3. The van der Waals surface area contributed by atoms with Crippen LogP contribution in [0.2, 0.25) is 0 Å². The summed E-state index contributed by atoms with van der Waals surface area (Å²) in [5.74, 6) is 1.00. The molecule has 8 heteroatoms. The average Bonchev–Trinajstić information content (AvgIpc) is 3.06. The predicted octanol–water partition coefficient (Wildman–Crippen LogP) is 2.48. The molecule has 2 aromatic rings. The van der Waals surface area contributed by atoms with Crippen molar-refractivity contribution in [2.24, 2.45) is 5.41 Å². The van der Waals surface area contributed by atoms with Crippen molar-refractivity contribution in [2.75, 3.05) is 13.1 Å². The molecule has 1 aliphatic heterocycles. The Balaban J connectivity index is 1.47. The molecular formula is C16H18FN3O3S. The van der Waals surface area contributed by atoms with Crippen molar-refractivity contribution in [1.29, 1.82) is 0 Å². The molecule has 2 heterocycles. The summed E-state index contributed by atoms with van der Waals surface area (Å²) in [4.78, 5) is 4.31. The molecule has 1 aliphatic carbocycles. The first kappa shape index (κ1) is 15.7. The van der Waals surface area contributed by atoms with E-state index in [1.54, 1.807) is 6.92 Å². The molecule has 1 unspecified atom stereocenters. The van der Waals surface area contributed by atoms with Crippen LogP contribution >= 0.6 is 0 Å². The maximum Gasteiger partial charge on any atom is 0.243 e. The lowest BCUT2D eigenvalue weighted by Gasteiger charge is -2.31. The minimum Gasteiger partial charge on any atom is -0.340 e. The number of rotatable bonds is 3. The van der Waals surface area contributed by atoms with Gasteiger partial charge in [-0.15, -0.1) is 0 Å². The SMILES string of the molecule is Cc1nc(C2CC23CCN(S(=O)(=O)c2cccc(F)c2)CC3)no1. The van der Waals surface area contributed by atoms with Gasteiger partial charge in [-0.05, 0) is 42.9 Å². The minimum atomic E-state index is -3.64. The van der Waals surface area contributed by atoms with Crippen LogP contribution in [0.4, 0.5) is 4.39 Å². The molecule has 1 aromatic heterocycles. The number of halogens is 1. The first-order chi connectivity index (χ1) is 11.4. The maximum absolute atomic E-state index is 13.3. The van der Waals surface area contributed by atoms with E-state index in [4.69, 9.17) is 4.52 Å². The van der Waals surface area contributed by atoms with Gasteiger partial charge in [0.15, 0.2) is 5.82 Å². The molecular weight excluding hydrogens is 333 g/mol. The normalized spacial score (nSPS) is 23.5. The number of benzene rings is 1. The van der Waals surface area contributed by atoms with Crippen molar-refractivity contribution in [3.8, 4) is 0 Å². The van der Waals surface area contributed by atoms with Crippen LogP contribution < -0.4 is 0 Å². The van der Waals surface area contributed by atoms with E-state index in [9.17, 15) is 12.8 Å². The number of hydrogen-bond donors (Lipinski definition) is 0. The van der Waals surface area contributed by atoms with Gasteiger partial charge in [0.1, 0.15) is 5.82 Å². The fraction of sp³-hybridized carbons (Fsp3) is 0.500. The molecule has 1 spiro atoms. The van der Waals surface area contributed by atoms with Crippen LogP contribution in [0.25, 0.3) is 0 Å². The quantitative estimate of drug-likeness (QED) is 0.849. The van der Waals surface area contributed by atoms with E-state index in [1.807, 2.05) is 0 Å². The zero-order chi connectivity index (χ0) is 16.9. The van der Waals surface area contributed by atoms with Crippen LogP contribution in [-0.4, -0.2) is 36.0 Å². The van der Waals surface area contributed by atoms with Gasteiger partial charge in [0.25, 0.3) is 0 Å². The van der Waals surface area contributed by atoms with Gasteiger partial charge in [-0.1, -0.05) is 11.2 Å². The largest absolute Gasteiger partial charge is 0.340 e. The van der Waals surface area contributed by atoms with Gasteiger partial charge in [-0.25, -0.2) is 12.8 Å². The third kappa shape index (κ3) is 2.53. The van der Waals surface area contributed by atoms with Crippen molar-refractivity contribution in [3.63, 3.8) is 0 Å². The van der Waals surface area contributed by atoms with Gasteiger partial charge >= 0.3 is 0 Å². The lowest BCUT2D eigenvalue weighted by atomic mass is 9.92. The number of piperidine rings is 1. The Morgan fingerprint density at radius 1 is 1.33 bits per heavy atom. The summed E-state index contributed by atoms with van der Waals surface area (Å²) < 4.78 is 45.1. The van der Waals surface area contributed by atoms with Crippen LogP contribution in [0.1, 0.15) is 36.9 Å². The maximum atomic E-state index is 13.3. The van der Waals surface area contributed by atoms with E-state index in [1.165, 1.54) is 22.5 Å². The number of hydrogen-bond acceptors (Lipinski definition) is 5. The fourth-order valence-corrected chi connectivity index (χ4v) is 5.14. The Morgan fingerprint density at radius 2 is 2.08 bits per heavy atom. The summed E-state index contributed by atoms with van der Waals surface area (Å²) in [6, 6.07) is 5.17. The van der Waals surface area contributed by atoms with E-state index in [0.717, 1.165) is 31.2 Å². The third-order valence-electron chi connectivity index (χ3n) is 5.20. The Bertz CT molecular complexity index is 872. The highest BCUT2D eigenvalue weighted by Gasteiger charge is 2.58. The molecule has 1 saturated heterocycles. The first-order valence-electron chi connectivity index (χ1n) is 7.97. The second-order valence-corrected chi connectivity index (χ2v) is 8.59. The summed E-state index contributed by atoms with van der Waals surface area (Å²) in [6.45, 7) is 2.64. The highest BCUT2D eigenvalue weighted by atomic mass is 32.2. The van der Waals surface area contributed by atoms with Crippen molar-refractivity contribution in [3.05, 3.63) is 41.8 Å². The summed E-state index contributed by atoms with van der Waals surface area (Å²) >= 11 is 0. The fourth-order valence-electron chi connectivity index (χ4n) is 3.67. The molecule has 4 rings (SSSR count). The van der Waals surface area contributed by atoms with Crippen LogP contribution in [0.3, 0.4) is 0 Å². The number of aromatic nitrogens is 2. The predicted molar refractivity (Wildman–Crippen MR) is 83.2 cm³/mol. The topological polar surface area (TPSA) is 76.3 Å². The summed E-state index contributed by atoms with van der Waals surface area (Å²) in [5.41, 5.74) is 0.0876. The summed E-state index contributed by atoms with van der Waals surface area (Å²) in [6.07, 6.45) is 2.50. The van der Waals surface area contributed by atoms with Crippen molar-refractivity contribution in [2.45, 2.75) is 37.0 Å². The lowest BCUT2D eigenvalue weighted by molar-refractivity contribution is 0.249. The van der Waals surface area contributed by atoms with E-state index in [2.05, 4.69) is 10.1 Å².